The summed E-state index contributed by atoms with van der Waals surface area (Å²) in [5, 5.41) is 5.18. The molecular formula is C22H16N6S. The molecule has 0 saturated heterocycles. The number of nitrogens with zero attached hydrogens (tertiary/aromatic N) is 4. The number of H-pyrrole nitrogens is 1. The van der Waals surface area contributed by atoms with Crippen molar-refractivity contribution in [2.45, 2.75) is 0 Å². The van der Waals surface area contributed by atoms with E-state index in [0.29, 0.717) is 11.7 Å². The van der Waals surface area contributed by atoms with E-state index in [1.807, 2.05) is 72.8 Å². The van der Waals surface area contributed by atoms with Gasteiger partial charge in [0.1, 0.15) is 5.01 Å². The molecule has 7 heteroatoms. The van der Waals surface area contributed by atoms with Gasteiger partial charge in [-0.05, 0) is 36.4 Å². The molecule has 0 radical (unpaired) electrons. The van der Waals surface area contributed by atoms with Crippen molar-refractivity contribution in [3.63, 3.8) is 0 Å². The number of fused-ring (bicyclic) bond motifs is 2. The molecule has 0 bridgehead atoms. The molecule has 0 fully saturated rings. The average Bonchev–Trinajstić information content (AvgIpc) is 3.37. The van der Waals surface area contributed by atoms with E-state index in [-0.39, 0.29) is 0 Å². The van der Waals surface area contributed by atoms with Gasteiger partial charge in [0.25, 0.3) is 0 Å². The van der Waals surface area contributed by atoms with Crippen molar-refractivity contribution in [1.82, 2.24) is 20.4 Å². The number of nitrogens with one attached hydrogen (secondary N) is 2. The summed E-state index contributed by atoms with van der Waals surface area (Å²) < 4.78 is 1.13. The van der Waals surface area contributed by atoms with Gasteiger partial charge in [-0.1, -0.05) is 42.5 Å². The van der Waals surface area contributed by atoms with Crippen LogP contribution < -0.4 is 5.43 Å². The Morgan fingerprint density at radius 3 is 2.45 bits per heavy atom. The highest BCUT2D eigenvalue weighted by atomic mass is 32.1. The number of amidine groups is 1. The first-order valence-corrected chi connectivity index (χ1v) is 9.90. The zero-order valence-electron chi connectivity index (χ0n) is 15.3. The number of hydrogen-bond donors (Lipinski definition) is 2. The summed E-state index contributed by atoms with van der Waals surface area (Å²) in [4.78, 5) is 17.2. The highest BCUT2D eigenvalue weighted by molar-refractivity contribution is 7.20. The third-order valence-corrected chi connectivity index (χ3v) is 5.24. The van der Waals surface area contributed by atoms with Crippen molar-refractivity contribution in [3.8, 4) is 0 Å². The Kier molecular flexibility index (Phi) is 4.56. The first-order chi connectivity index (χ1) is 14.3. The van der Waals surface area contributed by atoms with Gasteiger partial charge in [-0.2, -0.15) is 5.10 Å². The number of thiazole rings is 1. The second-order valence-corrected chi connectivity index (χ2v) is 7.35. The predicted octanol–water partition coefficient (Wildman–Crippen LogP) is 4.87. The normalized spacial score (nSPS) is 12.2. The zero-order chi connectivity index (χ0) is 19.5. The van der Waals surface area contributed by atoms with Crippen LogP contribution in [0.5, 0.6) is 0 Å². The van der Waals surface area contributed by atoms with E-state index in [1.165, 1.54) is 0 Å². The van der Waals surface area contributed by atoms with Crippen LogP contribution in [0.1, 0.15) is 10.8 Å². The largest absolute Gasteiger partial charge is 0.335 e. The van der Waals surface area contributed by atoms with Crippen molar-refractivity contribution in [1.29, 1.82) is 0 Å². The summed E-state index contributed by atoms with van der Waals surface area (Å²) in [7, 11) is 0. The molecule has 5 rings (SSSR count). The Morgan fingerprint density at radius 1 is 0.862 bits per heavy atom. The molecule has 0 saturated carbocycles. The molecule has 6 nitrogen and oxygen atoms in total. The standard InChI is InChI=1S/C22H16N6S/c1-2-8-15(9-3-1)24-22(21-26-16-10-4-5-11-17(16)27-21)28-23-14-20-25-18-12-6-7-13-19(18)29-20/h1-14H,(H,24,28)(H,26,27). The summed E-state index contributed by atoms with van der Waals surface area (Å²) in [5.74, 6) is 1.15. The maximum Gasteiger partial charge on any atom is 0.190 e. The molecule has 0 amide bonds. The lowest BCUT2D eigenvalue weighted by Crippen LogP contribution is -2.20. The van der Waals surface area contributed by atoms with Gasteiger partial charge in [0.05, 0.1) is 33.2 Å². The topological polar surface area (TPSA) is 78.3 Å². The van der Waals surface area contributed by atoms with E-state index in [1.54, 1.807) is 17.6 Å². The summed E-state index contributed by atoms with van der Waals surface area (Å²) in [6, 6.07) is 25.6. The lowest BCUT2D eigenvalue weighted by molar-refractivity contribution is 1.01. The smallest absolute Gasteiger partial charge is 0.190 e. The molecule has 29 heavy (non-hydrogen) atoms. The van der Waals surface area contributed by atoms with Gasteiger partial charge in [0.2, 0.25) is 0 Å². The molecule has 2 N–H and O–H groups in total. The van der Waals surface area contributed by atoms with E-state index >= 15 is 0 Å². The zero-order valence-corrected chi connectivity index (χ0v) is 16.1. The Labute approximate surface area is 170 Å². The Bertz CT molecular complexity index is 1270. The monoisotopic (exact) mass is 396 g/mol. The maximum atomic E-state index is 4.68. The fourth-order valence-corrected chi connectivity index (χ4v) is 3.76. The first kappa shape index (κ1) is 17.3. The van der Waals surface area contributed by atoms with Gasteiger partial charge in [-0.15, -0.1) is 11.3 Å². The van der Waals surface area contributed by atoms with Gasteiger partial charge in [0.15, 0.2) is 11.7 Å². The number of aromatic nitrogens is 3. The van der Waals surface area contributed by atoms with Gasteiger partial charge in [-0.3, -0.25) is 5.43 Å². The third kappa shape index (κ3) is 3.76. The minimum Gasteiger partial charge on any atom is -0.335 e. The molecule has 3 aromatic carbocycles. The number of para-hydroxylation sites is 4. The molecule has 0 spiro atoms. The van der Waals surface area contributed by atoms with Gasteiger partial charge >= 0.3 is 0 Å². The van der Waals surface area contributed by atoms with Crippen LogP contribution in [-0.4, -0.2) is 27.0 Å². The number of hydrazone groups is 1. The quantitative estimate of drug-likeness (QED) is 0.258. The fourth-order valence-electron chi connectivity index (χ4n) is 2.92. The molecule has 5 aromatic rings. The first-order valence-electron chi connectivity index (χ1n) is 9.09. The number of hydrogen-bond acceptors (Lipinski definition) is 5. The maximum absolute atomic E-state index is 4.68. The SMILES string of the molecule is C(=NNC(=Nc1ccccc1)c1nc2ccccc2[nH]1)c1nc2ccccc2s1. The lowest BCUT2D eigenvalue weighted by Gasteiger charge is -2.02. The second-order valence-electron chi connectivity index (χ2n) is 6.29. The predicted molar refractivity (Wildman–Crippen MR) is 119 cm³/mol. The molecule has 2 aromatic heterocycles. The van der Waals surface area contributed by atoms with E-state index in [9.17, 15) is 0 Å². The number of benzene rings is 3. The van der Waals surface area contributed by atoms with Crippen molar-refractivity contribution in [3.05, 3.63) is 89.7 Å². The number of aliphatic imine (C=N–C) groups is 1. The van der Waals surface area contributed by atoms with E-state index in [2.05, 4.69) is 36.5 Å². The third-order valence-electron chi connectivity index (χ3n) is 4.27. The van der Waals surface area contributed by atoms with Crippen LogP contribution in [0.15, 0.2) is 89.0 Å². The molecule has 140 valence electrons. The summed E-state index contributed by atoms with van der Waals surface area (Å²) >= 11 is 1.59. The minimum absolute atomic E-state index is 0.532. The van der Waals surface area contributed by atoms with Crippen molar-refractivity contribution in [2.75, 3.05) is 0 Å². The van der Waals surface area contributed by atoms with Crippen LogP contribution in [0.4, 0.5) is 5.69 Å². The Morgan fingerprint density at radius 2 is 1.62 bits per heavy atom. The molecule has 2 heterocycles. The Balaban J connectivity index is 1.47. The fraction of sp³-hybridized carbons (Fsp3) is 0. The second kappa shape index (κ2) is 7.65. The molecule has 0 aliphatic carbocycles. The van der Waals surface area contributed by atoms with Crippen LogP contribution in [0.25, 0.3) is 21.3 Å². The van der Waals surface area contributed by atoms with Gasteiger partial charge < -0.3 is 4.98 Å². The summed E-state index contributed by atoms with van der Waals surface area (Å²) in [5.41, 5.74) is 6.63. The van der Waals surface area contributed by atoms with Crippen molar-refractivity contribution >= 4 is 50.3 Å². The number of imidazole rings is 1. The van der Waals surface area contributed by atoms with Crippen LogP contribution in [-0.2, 0) is 0 Å². The van der Waals surface area contributed by atoms with Gasteiger partial charge in [0, 0.05) is 0 Å². The highest BCUT2D eigenvalue weighted by Gasteiger charge is 2.09. The van der Waals surface area contributed by atoms with Crippen molar-refractivity contribution < 1.29 is 0 Å². The van der Waals surface area contributed by atoms with Gasteiger partial charge in [-0.25, -0.2) is 15.0 Å². The number of rotatable bonds is 4. The molecular weight excluding hydrogens is 380 g/mol. The van der Waals surface area contributed by atoms with Crippen LogP contribution >= 0.6 is 11.3 Å². The minimum atomic E-state index is 0.532. The molecule has 0 aliphatic rings. The van der Waals surface area contributed by atoms with Crippen LogP contribution in [0.3, 0.4) is 0 Å². The van der Waals surface area contributed by atoms with Crippen LogP contribution in [0, 0.1) is 0 Å². The van der Waals surface area contributed by atoms with E-state index in [4.69, 9.17) is 0 Å². The van der Waals surface area contributed by atoms with E-state index in [0.717, 1.165) is 31.9 Å². The molecule has 0 aliphatic heterocycles. The summed E-state index contributed by atoms with van der Waals surface area (Å²) in [6.45, 7) is 0. The molecule has 0 atom stereocenters. The average molecular weight is 396 g/mol. The van der Waals surface area contributed by atoms with Crippen molar-refractivity contribution in [2.24, 2.45) is 10.1 Å². The summed E-state index contributed by atoms with van der Waals surface area (Å²) in [6.07, 6.45) is 1.70. The number of aromatic amines is 1. The highest BCUT2D eigenvalue weighted by Crippen LogP contribution is 2.20. The molecule has 0 unspecified atom stereocenters. The lowest BCUT2D eigenvalue weighted by atomic mass is 10.3. The van der Waals surface area contributed by atoms with E-state index < -0.39 is 0 Å². The Hall–Kier alpha value is -3.84. The van der Waals surface area contributed by atoms with Crippen LogP contribution in [0.2, 0.25) is 0 Å².